The molecule has 0 saturated carbocycles. The van der Waals surface area contributed by atoms with Gasteiger partial charge in [-0.2, -0.15) is 0 Å². The fourth-order valence-corrected chi connectivity index (χ4v) is 6.17. The van der Waals surface area contributed by atoms with Crippen molar-refractivity contribution in [2.45, 2.75) is 32.0 Å². The number of aliphatic hydroxyl groups is 2. The first kappa shape index (κ1) is 34.6. The maximum Gasteiger partial charge on any atom is 0.264 e. The molecule has 9 nitrogen and oxygen atoms in total. The lowest BCUT2D eigenvalue weighted by Crippen LogP contribution is -2.44. The Kier molecular flexibility index (Phi) is 11.1. The van der Waals surface area contributed by atoms with Gasteiger partial charge in [0, 0.05) is 46.7 Å². The first-order valence-electron chi connectivity index (χ1n) is 15.6. The van der Waals surface area contributed by atoms with Gasteiger partial charge in [0.1, 0.15) is 5.75 Å². The van der Waals surface area contributed by atoms with Crippen molar-refractivity contribution in [3.8, 4) is 5.75 Å². The van der Waals surface area contributed by atoms with Crippen molar-refractivity contribution in [3.05, 3.63) is 136 Å². The van der Waals surface area contributed by atoms with Gasteiger partial charge in [0.15, 0.2) is 5.60 Å². The summed E-state index contributed by atoms with van der Waals surface area (Å²) in [5.74, 6) is -0.970. The smallest absolute Gasteiger partial charge is 0.264 e. The number of aliphatic hydroxyl groups excluding tert-OH is 1. The van der Waals surface area contributed by atoms with Crippen molar-refractivity contribution in [2.24, 2.45) is 5.92 Å². The highest BCUT2D eigenvalue weighted by atomic mass is 79.9. The van der Waals surface area contributed by atoms with Crippen LogP contribution >= 0.6 is 15.9 Å². The fraction of sp³-hybridized carbons (Fsp3) is 0.237. The Morgan fingerprint density at radius 1 is 1.00 bits per heavy atom. The first-order valence-corrected chi connectivity index (χ1v) is 16.4. The van der Waals surface area contributed by atoms with Gasteiger partial charge in [0.25, 0.3) is 11.8 Å². The Hall–Kier alpha value is -4.77. The van der Waals surface area contributed by atoms with Gasteiger partial charge in [0.2, 0.25) is 5.91 Å². The van der Waals surface area contributed by atoms with Crippen LogP contribution in [0.4, 0.5) is 11.4 Å². The second-order valence-electron chi connectivity index (χ2n) is 11.6. The number of fused-ring (bicyclic) bond motifs is 1. The van der Waals surface area contributed by atoms with Gasteiger partial charge >= 0.3 is 0 Å². The fourth-order valence-electron chi connectivity index (χ4n) is 5.81. The van der Waals surface area contributed by atoms with E-state index in [0.717, 1.165) is 11.1 Å². The Morgan fingerprint density at radius 3 is 2.44 bits per heavy atom. The number of hydrogen-bond acceptors (Lipinski definition) is 6. The van der Waals surface area contributed by atoms with Crippen LogP contribution < -0.4 is 15.0 Å². The zero-order valence-electron chi connectivity index (χ0n) is 26.8. The molecule has 4 aromatic carbocycles. The summed E-state index contributed by atoms with van der Waals surface area (Å²) in [4.78, 5) is 43.1. The van der Waals surface area contributed by atoms with E-state index in [2.05, 4.69) is 21.2 Å². The highest BCUT2D eigenvalue weighted by Crippen LogP contribution is 2.46. The molecule has 0 radical (unpaired) electrons. The maximum atomic E-state index is 14.1. The van der Waals surface area contributed by atoms with Crippen molar-refractivity contribution in [3.63, 3.8) is 0 Å². The molecule has 10 heteroatoms. The molecule has 2 atom stereocenters. The number of nitrogens with one attached hydrogen (secondary N) is 1. The van der Waals surface area contributed by atoms with E-state index in [0.29, 0.717) is 39.3 Å². The normalized spacial score (nSPS) is 16.1. The Labute approximate surface area is 288 Å². The summed E-state index contributed by atoms with van der Waals surface area (Å²) in [7, 11) is 1.56. The van der Waals surface area contributed by atoms with Gasteiger partial charge in [-0.1, -0.05) is 77.5 Å². The molecule has 1 aliphatic rings. The van der Waals surface area contributed by atoms with Crippen LogP contribution in [0.1, 0.15) is 40.4 Å². The number of anilines is 2. The molecule has 0 unspecified atom stereocenters. The monoisotopic (exact) mass is 711 g/mol. The summed E-state index contributed by atoms with van der Waals surface area (Å²) < 4.78 is 5.88. The van der Waals surface area contributed by atoms with Crippen LogP contribution in [0.25, 0.3) is 0 Å². The molecule has 0 spiro atoms. The average Bonchev–Trinajstić information content (AvgIpc) is 3.30. The number of carbonyl (C=O) groups is 3. The number of methoxy groups -OCH3 is 1. The number of amides is 3. The number of halogens is 1. The molecule has 0 aliphatic carbocycles. The standard InChI is InChI=1S/C38H38BrN3O6/c1-26(8-6-13-35(44)41(20-21-43)24-27-9-4-3-5-10-27)38(47)33-23-30(39)16-19-34(33)42(37(38)46)25-28-11-7-12-31(22-28)40-36(45)29-14-17-32(48-2)18-15-29/h3-12,14-19,22-23,26,43,47H,13,20-21,24-25H2,1-2H3,(H,40,45)/b8-6+/t26-,38+/m0/s1. The van der Waals surface area contributed by atoms with Crippen molar-refractivity contribution in [1.82, 2.24) is 4.90 Å². The van der Waals surface area contributed by atoms with Gasteiger partial charge in [-0.05, 0) is 65.7 Å². The quantitative estimate of drug-likeness (QED) is 0.145. The third-order valence-corrected chi connectivity index (χ3v) is 8.92. The molecule has 0 saturated heterocycles. The van der Waals surface area contributed by atoms with Crippen LogP contribution in [-0.4, -0.2) is 53.1 Å². The van der Waals surface area contributed by atoms with E-state index < -0.39 is 17.4 Å². The second-order valence-corrected chi connectivity index (χ2v) is 12.6. The molecular formula is C38H38BrN3O6. The molecule has 48 heavy (non-hydrogen) atoms. The van der Waals surface area contributed by atoms with E-state index in [1.807, 2.05) is 42.5 Å². The number of ether oxygens (including phenoxy) is 1. The van der Waals surface area contributed by atoms with Crippen LogP contribution in [0.3, 0.4) is 0 Å². The highest BCUT2D eigenvalue weighted by Gasteiger charge is 2.52. The van der Waals surface area contributed by atoms with E-state index in [4.69, 9.17) is 4.74 Å². The molecule has 1 aliphatic heterocycles. The van der Waals surface area contributed by atoms with Crippen molar-refractivity contribution in [2.75, 3.05) is 30.5 Å². The third-order valence-electron chi connectivity index (χ3n) is 8.42. The highest BCUT2D eigenvalue weighted by molar-refractivity contribution is 9.10. The minimum Gasteiger partial charge on any atom is -0.497 e. The summed E-state index contributed by atoms with van der Waals surface area (Å²) in [6.07, 6.45) is 3.41. The van der Waals surface area contributed by atoms with E-state index in [-0.39, 0.29) is 37.9 Å². The molecule has 3 N–H and O–H groups in total. The number of carbonyl (C=O) groups excluding carboxylic acids is 3. The zero-order valence-corrected chi connectivity index (χ0v) is 28.4. The largest absolute Gasteiger partial charge is 0.497 e. The average molecular weight is 713 g/mol. The predicted molar refractivity (Wildman–Crippen MR) is 188 cm³/mol. The van der Waals surface area contributed by atoms with Crippen molar-refractivity contribution < 1.29 is 29.3 Å². The Morgan fingerprint density at radius 2 is 1.73 bits per heavy atom. The second kappa shape index (κ2) is 15.4. The van der Waals surface area contributed by atoms with Gasteiger partial charge in [-0.3, -0.25) is 14.4 Å². The minimum absolute atomic E-state index is 0.0472. The predicted octanol–water partition coefficient (Wildman–Crippen LogP) is 6.05. The summed E-state index contributed by atoms with van der Waals surface area (Å²) in [6.45, 7) is 2.31. The van der Waals surface area contributed by atoms with Crippen LogP contribution in [-0.2, 0) is 28.3 Å². The van der Waals surface area contributed by atoms with E-state index >= 15 is 0 Å². The molecule has 1 heterocycles. The third kappa shape index (κ3) is 7.68. The molecule has 4 aromatic rings. The van der Waals surface area contributed by atoms with Crippen LogP contribution in [0.5, 0.6) is 5.75 Å². The van der Waals surface area contributed by atoms with Crippen LogP contribution in [0.2, 0.25) is 0 Å². The number of benzene rings is 4. The molecule has 3 amide bonds. The molecule has 5 rings (SSSR count). The number of rotatable bonds is 13. The lowest BCUT2D eigenvalue weighted by molar-refractivity contribution is -0.139. The van der Waals surface area contributed by atoms with Crippen molar-refractivity contribution >= 4 is 45.0 Å². The van der Waals surface area contributed by atoms with Gasteiger partial charge < -0.3 is 30.1 Å². The SMILES string of the molecule is COc1ccc(C(=O)Nc2cccc(CN3C(=O)[C@@](O)([C@@H](C)/C=C/CC(=O)N(CCO)Cc4ccccc4)c4cc(Br)ccc43)c2)cc1. The minimum atomic E-state index is -1.88. The summed E-state index contributed by atoms with van der Waals surface area (Å²) in [5, 5.41) is 24.5. The number of nitrogens with zero attached hydrogens (tertiary/aromatic N) is 2. The van der Waals surface area contributed by atoms with E-state index in [1.165, 1.54) is 0 Å². The Balaban J connectivity index is 1.31. The lowest BCUT2D eigenvalue weighted by Gasteiger charge is -2.28. The molecular weight excluding hydrogens is 674 g/mol. The van der Waals surface area contributed by atoms with E-state index in [9.17, 15) is 24.6 Å². The molecule has 0 aromatic heterocycles. The molecule has 0 fully saturated rings. The van der Waals surface area contributed by atoms with Crippen LogP contribution in [0, 0.1) is 5.92 Å². The summed E-state index contributed by atoms with van der Waals surface area (Å²) >= 11 is 3.48. The van der Waals surface area contributed by atoms with Crippen molar-refractivity contribution in [1.29, 1.82) is 0 Å². The maximum absolute atomic E-state index is 14.1. The van der Waals surface area contributed by atoms with Crippen LogP contribution in [0.15, 0.2) is 114 Å². The number of hydrogen-bond donors (Lipinski definition) is 3. The van der Waals surface area contributed by atoms with Gasteiger partial charge in [-0.15, -0.1) is 0 Å². The summed E-state index contributed by atoms with van der Waals surface area (Å²) in [6, 6.07) is 28.9. The zero-order chi connectivity index (χ0) is 34.3. The molecule has 248 valence electrons. The first-order chi connectivity index (χ1) is 23.1. The summed E-state index contributed by atoms with van der Waals surface area (Å²) in [5.41, 5.74) is 1.90. The van der Waals surface area contributed by atoms with E-state index in [1.54, 1.807) is 90.6 Å². The lowest BCUT2D eigenvalue weighted by atomic mass is 9.83. The topological polar surface area (TPSA) is 119 Å². The van der Waals surface area contributed by atoms with Gasteiger partial charge in [0.05, 0.1) is 25.9 Å². The Bertz CT molecular complexity index is 1800. The van der Waals surface area contributed by atoms with Gasteiger partial charge in [-0.25, -0.2) is 0 Å². The molecule has 0 bridgehead atoms.